The quantitative estimate of drug-likeness (QED) is 0.510. The lowest BCUT2D eigenvalue weighted by Crippen LogP contribution is -2.40. The molecule has 1 aromatic heterocycles. The van der Waals surface area contributed by atoms with E-state index in [1.54, 1.807) is 7.11 Å². The third-order valence-corrected chi connectivity index (χ3v) is 5.11. The number of anilines is 1. The van der Waals surface area contributed by atoms with Crippen molar-refractivity contribution < 1.29 is 4.74 Å². The number of aryl methyl sites for hydroxylation is 1. The first kappa shape index (κ1) is 17.2. The lowest BCUT2D eigenvalue weighted by atomic mass is 10.0. The van der Waals surface area contributed by atoms with Gasteiger partial charge in [-0.25, -0.2) is 9.97 Å². The van der Waals surface area contributed by atoms with Crippen molar-refractivity contribution in [2.45, 2.75) is 51.5 Å². The Morgan fingerprint density at radius 1 is 1.38 bits per heavy atom. The number of aromatic nitrogens is 2. The van der Waals surface area contributed by atoms with Gasteiger partial charge in [-0.15, -0.1) is 0 Å². The zero-order chi connectivity index (χ0) is 15.2. The van der Waals surface area contributed by atoms with Crippen molar-refractivity contribution in [3.8, 4) is 0 Å². The molecule has 0 bridgehead atoms. The molecule has 1 fully saturated rings. The van der Waals surface area contributed by atoms with Crippen LogP contribution in [-0.4, -0.2) is 36.3 Å². The van der Waals surface area contributed by atoms with E-state index in [1.165, 1.54) is 19.3 Å². The number of piperidine rings is 1. The molecule has 0 N–H and O–H groups in total. The van der Waals surface area contributed by atoms with E-state index in [0.717, 1.165) is 47.6 Å². The summed E-state index contributed by atoms with van der Waals surface area (Å²) in [6.45, 7) is 4.01. The third-order valence-electron chi connectivity index (χ3n) is 3.99. The number of methoxy groups -OCH3 is 1. The van der Waals surface area contributed by atoms with Gasteiger partial charge in [-0.3, -0.25) is 0 Å². The molecular formula is C15H23ClIN3O. The maximum atomic E-state index is 6.37. The average molecular weight is 424 g/mol. The molecule has 2 rings (SSSR count). The third kappa shape index (κ3) is 4.42. The van der Waals surface area contributed by atoms with Crippen molar-refractivity contribution in [1.82, 2.24) is 9.97 Å². The number of hydrogen-bond donors (Lipinski definition) is 0. The standard InChI is InChI=1S/C15H23ClIN3O/c1-3-11-7-4-5-9-20(11)15-13(16)19-14(17)12(18-15)8-6-10-21-2/h11H,3-10H2,1-2H3. The highest BCUT2D eigenvalue weighted by Crippen LogP contribution is 2.31. The van der Waals surface area contributed by atoms with Crippen LogP contribution in [0.15, 0.2) is 0 Å². The molecule has 118 valence electrons. The van der Waals surface area contributed by atoms with Gasteiger partial charge in [0.25, 0.3) is 0 Å². The highest BCUT2D eigenvalue weighted by atomic mass is 127. The predicted molar refractivity (Wildman–Crippen MR) is 95.2 cm³/mol. The number of halogens is 2. The summed E-state index contributed by atoms with van der Waals surface area (Å²) >= 11 is 8.60. The van der Waals surface area contributed by atoms with E-state index in [9.17, 15) is 0 Å². The van der Waals surface area contributed by atoms with Crippen LogP contribution >= 0.6 is 34.2 Å². The van der Waals surface area contributed by atoms with E-state index in [-0.39, 0.29) is 0 Å². The molecule has 0 saturated carbocycles. The fraction of sp³-hybridized carbons (Fsp3) is 0.733. The van der Waals surface area contributed by atoms with Crippen molar-refractivity contribution in [1.29, 1.82) is 0 Å². The summed E-state index contributed by atoms with van der Waals surface area (Å²) in [6.07, 6.45) is 6.69. The van der Waals surface area contributed by atoms with Crippen molar-refractivity contribution >= 4 is 40.0 Å². The minimum atomic E-state index is 0.537. The highest BCUT2D eigenvalue weighted by Gasteiger charge is 2.25. The molecule has 1 aliphatic rings. The molecule has 6 heteroatoms. The maximum Gasteiger partial charge on any atom is 0.172 e. The summed E-state index contributed by atoms with van der Waals surface area (Å²) in [7, 11) is 1.73. The average Bonchev–Trinajstić information content (AvgIpc) is 2.49. The molecule has 0 aliphatic carbocycles. The number of nitrogens with zero attached hydrogens (tertiary/aromatic N) is 3. The lowest BCUT2D eigenvalue weighted by Gasteiger charge is -2.36. The van der Waals surface area contributed by atoms with Crippen molar-refractivity contribution in [2.75, 3.05) is 25.2 Å². The van der Waals surface area contributed by atoms with Gasteiger partial charge in [-0.05, 0) is 61.1 Å². The van der Waals surface area contributed by atoms with Crippen LogP contribution in [0, 0.1) is 3.70 Å². The smallest absolute Gasteiger partial charge is 0.172 e. The first-order valence-corrected chi connectivity index (χ1v) is 9.10. The van der Waals surface area contributed by atoms with Gasteiger partial charge in [0, 0.05) is 26.3 Å². The van der Waals surface area contributed by atoms with Crippen molar-refractivity contribution in [2.24, 2.45) is 0 Å². The summed E-state index contributed by atoms with van der Waals surface area (Å²) in [5, 5.41) is 0.537. The molecule has 0 amide bonds. The Morgan fingerprint density at radius 2 is 2.19 bits per heavy atom. The van der Waals surface area contributed by atoms with E-state index in [1.807, 2.05) is 0 Å². The zero-order valence-corrected chi connectivity index (χ0v) is 15.7. The molecule has 2 heterocycles. The molecule has 1 aromatic rings. The van der Waals surface area contributed by atoms with Gasteiger partial charge in [-0.2, -0.15) is 0 Å². The Morgan fingerprint density at radius 3 is 2.90 bits per heavy atom. The molecule has 0 aromatic carbocycles. The van der Waals surface area contributed by atoms with Crippen LogP contribution in [0.1, 0.15) is 44.7 Å². The van der Waals surface area contributed by atoms with Crippen molar-refractivity contribution in [3.63, 3.8) is 0 Å². The normalized spacial score (nSPS) is 19.0. The fourth-order valence-electron chi connectivity index (χ4n) is 2.85. The highest BCUT2D eigenvalue weighted by molar-refractivity contribution is 14.1. The van der Waals surface area contributed by atoms with E-state index in [0.29, 0.717) is 11.2 Å². The molecule has 1 atom stereocenters. The fourth-order valence-corrected chi connectivity index (χ4v) is 3.86. The number of ether oxygens (including phenoxy) is 1. The molecule has 4 nitrogen and oxygen atoms in total. The van der Waals surface area contributed by atoms with Gasteiger partial charge < -0.3 is 9.64 Å². The van der Waals surface area contributed by atoms with Gasteiger partial charge in [-0.1, -0.05) is 18.5 Å². The SMILES string of the molecule is CCC1CCCCN1c1nc(CCCOC)c(I)nc1Cl. The zero-order valence-electron chi connectivity index (χ0n) is 12.7. The monoisotopic (exact) mass is 423 g/mol. The summed E-state index contributed by atoms with van der Waals surface area (Å²) in [5.41, 5.74) is 1.03. The molecule has 1 unspecified atom stereocenters. The van der Waals surface area contributed by atoms with Crippen LogP contribution in [0.2, 0.25) is 5.15 Å². The molecule has 1 saturated heterocycles. The number of hydrogen-bond acceptors (Lipinski definition) is 4. The molecular weight excluding hydrogens is 401 g/mol. The first-order valence-electron chi connectivity index (χ1n) is 7.64. The Labute approximate surface area is 145 Å². The van der Waals surface area contributed by atoms with Gasteiger partial charge in [0.05, 0.1) is 5.69 Å². The topological polar surface area (TPSA) is 38.2 Å². The van der Waals surface area contributed by atoms with Crippen LogP contribution in [0.5, 0.6) is 0 Å². The van der Waals surface area contributed by atoms with E-state index in [4.69, 9.17) is 21.3 Å². The minimum Gasteiger partial charge on any atom is -0.385 e. The van der Waals surface area contributed by atoms with Crippen LogP contribution in [0.25, 0.3) is 0 Å². The Kier molecular flexibility index (Phi) is 6.95. The van der Waals surface area contributed by atoms with E-state index >= 15 is 0 Å². The second-order valence-electron chi connectivity index (χ2n) is 5.42. The predicted octanol–water partition coefficient (Wildman–Crippen LogP) is 4.08. The van der Waals surface area contributed by atoms with Gasteiger partial charge >= 0.3 is 0 Å². The number of rotatable bonds is 6. The Balaban J connectivity index is 2.23. The van der Waals surface area contributed by atoms with Crippen LogP contribution in [-0.2, 0) is 11.2 Å². The van der Waals surface area contributed by atoms with Gasteiger partial charge in [0.15, 0.2) is 11.0 Å². The summed E-state index contributed by atoms with van der Waals surface area (Å²) in [5.74, 6) is 0.871. The Hall–Kier alpha value is -0.140. The van der Waals surface area contributed by atoms with E-state index in [2.05, 4.69) is 39.4 Å². The lowest BCUT2D eigenvalue weighted by molar-refractivity contribution is 0.195. The largest absolute Gasteiger partial charge is 0.385 e. The van der Waals surface area contributed by atoms with Gasteiger partial charge in [0.2, 0.25) is 0 Å². The summed E-state index contributed by atoms with van der Waals surface area (Å²) < 4.78 is 6.03. The summed E-state index contributed by atoms with van der Waals surface area (Å²) in [4.78, 5) is 11.7. The molecule has 0 radical (unpaired) electrons. The maximum absolute atomic E-state index is 6.37. The second kappa shape index (κ2) is 8.48. The van der Waals surface area contributed by atoms with Crippen LogP contribution in [0.4, 0.5) is 5.82 Å². The molecule has 21 heavy (non-hydrogen) atoms. The van der Waals surface area contributed by atoms with Crippen LogP contribution < -0.4 is 4.90 Å². The van der Waals surface area contributed by atoms with Crippen molar-refractivity contribution in [3.05, 3.63) is 14.5 Å². The summed E-state index contributed by atoms with van der Waals surface area (Å²) in [6, 6.07) is 0.539. The second-order valence-corrected chi connectivity index (χ2v) is 6.80. The van der Waals surface area contributed by atoms with E-state index < -0.39 is 0 Å². The molecule has 0 spiro atoms. The Bertz CT molecular complexity index is 472. The first-order chi connectivity index (χ1) is 10.2. The minimum absolute atomic E-state index is 0.537. The molecule has 1 aliphatic heterocycles. The van der Waals surface area contributed by atoms with Crippen LogP contribution in [0.3, 0.4) is 0 Å². The van der Waals surface area contributed by atoms with Gasteiger partial charge in [0.1, 0.15) is 3.70 Å².